The minimum atomic E-state index is -0.952. The molecule has 1 aromatic carbocycles. The van der Waals surface area contributed by atoms with E-state index in [1.807, 2.05) is 0 Å². The van der Waals surface area contributed by atoms with Gasteiger partial charge < -0.3 is 19.9 Å². The first kappa shape index (κ1) is 21.7. The number of nitrogens with zero attached hydrogens (tertiary/aromatic N) is 3. The lowest BCUT2D eigenvalue weighted by molar-refractivity contribution is -0.154. The number of hydrogen-bond donors (Lipinski definition) is 2. The molecule has 0 aliphatic heterocycles. The van der Waals surface area contributed by atoms with Crippen molar-refractivity contribution in [3.63, 3.8) is 0 Å². The number of nitrogens with one attached hydrogen (secondary N) is 1. The van der Waals surface area contributed by atoms with Gasteiger partial charge in [-0.25, -0.2) is 14.4 Å². The number of ether oxygens (including phenoxy) is 2. The first-order chi connectivity index (χ1) is 15.5. The van der Waals surface area contributed by atoms with Gasteiger partial charge in [0, 0.05) is 18.8 Å². The van der Waals surface area contributed by atoms with Crippen molar-refractivity contribution in [2.45, 2.75) is 44.8 Å². The highest BCUT2D eigenvalue weighted by Gasteiger charge is 2.26. The van der Waals surface area contributed by atoms with Crippen LogP contribution in [-0.4, -0.2) is 51.0 Å². The van der Waals surface area contributed by atoms with Gasteiger partial charge in [-0.2, -0.15) is 0 Å². The molecule has 168 valence electrons. The summed E-state index contributed by atoms with van der Waals surface area (Å²) in [6, 6.07) is 8.41. The summed E-state index contributed by atoms with van der Waals surface area (Å²) in [5.41, 5.74) is 1.48. The molecule has 1 fully saturated rings. The Balaban J connectivity index is 1.32. The molecule has 0 bridgehead atoms. The van der Waals surface area contributed by atoms with E-state index in [2.05, 4.69) is 25.2 Å². The number of aliphatic carboxylic acids is 1. The number of amides is 1. The molecule has 32 heavy (non-hydrogen) atoms. The van der Waals surface area contributed by atoms with Crippen molar-refractivity contribution >= 4 is 22.9 Å². The lowest BCUT2D eigenvalue weighted by Gasteiger charge is -2.29. The molecule has 0 saturated heterocycles. The Labute approximate surface area is 183 Å². The van der Waals surface area contributed by atoms with Gasteiger partial charge in [0.25, 0.3) is 5.91 Å². The standard InChI is InChI=1S/C22H24N4O6/c1-13(22(28)29)30-15-6-4-14(5-7-15)12-24-20(27)17-3-2-10-23-21(17)31-16-8-9-18-19(11-16)26-32-25-18/h2-3,8-11,13-15H,4-7,12H2,1H3,(H,24,27)(H,28,29). The second-order valence-electron chi connectivity index (χ2n) is 7.84. The van der Waals surface area contributed by atoms with E-state index < -0.39 is 12.1 Å². The van der Waals surface area contributed by atoms with Crippen LogP contribution in [0.1, 0.15) is 43.0 Å². The topological polar surface area (TPSA) is 137 Å². The summed E-state index contributed by atoms with van der Waals surface area (Å²) in [6.45, 7) is 2.06. The van der Waals surface area contributed by atoms with Gasteiger partial charge in [0.1, 0.15) is 22.3 Å². The first-order valence-corrected chi connectivity index (χ1v) is 10.5. The van der Waals surface area contributed by atoms with Crippen LogP contribution in [0, 0.1) is 5.92 Å². The predicted molar refractivity (Wildman–Crippen MR) is 112 cm³/mol. The normalized spacial score (nSPS) is 19.4. The fourth-order valence-electron chi connectivity index (χ4n) is 3.73. The molecule has 10 nitrogen and oxygen atoms in total. The summed E-state index contributed by atoms with van der Waals surface area (Å²) < 4.78 is 16.1. The molecule has 10 heteroatoms. The summed E-state index contributed by atoms with van der Waals surface area (Å²) in [6.07, 6.45) is 3.98. The summed E-state index contributed by atoms with van der Waals surface area (Å²) >= 11 is 0. The zero-order chi connectivity index (χ0) is 22.5. The Morgan fingerprint density at radius 1 is 1.19 bits per heavy atom. The largest absolute Gasteiger partial charge is 0.479 e. The van der Waals surface area contributed by atoms with Crippen molar-refractivity contribution < 1.29 is 28.8 Å². The van der Waals surface area contributed by atoms with E-state index in [1.54, 1.807) is 43.5 Å². The van der Waals surface area contributed by atoms with Crippen molar-refractivity contribution in [1.29, 1.82) is 0 Å². The highest BCUT2D eigenvalue weighted by Crippen LogP contribution is 2.28. The molecule has 2 aromatic heterocycles. The third-order valence-electron chi connectivity index (χ3n) is 5.54. The molecule has 1 unspecified atom stereocenters. The highest BCUT2D eigenvalue weighted by molar-refractivity contribution is 5.96. The van der Waals surface area contributed by atoms with Gasteiger partial charge in [-0.05, 0) is 73.1 Å². The molecule has 2 heterocycles. The number of carboxylic acids is 1. The summed E-state index contributed by atoms with van der Waals surface area (Å²) in [5, 5.41) is 19.5. The van der Waals surface area contributed by atoms with E-state index in [4.69, 9.17) is 14.6 Å². The molecular formula is C22H24N4O6. The van der Waals surface area contributed by atoms with Gasteiger partial charge in [-0.1, -0.05) is 0 Å². The molecule has 3 aromatic rings. The van der Waals surface area contributed by atoms with Gasteiger partial charge in [0.2, 0.25) is 5.88 Å². The molecule has 0 radical (unpaired) electrons. The second-order valence-corrected chi connectivity index (χ2v) is 7.84. The summed E-state index contributed by atoms with van der Waals surface area (Å²) in [7, 11) is 0. The van der Waals surface area contributed by atoms with Crippen LogP contribution in [0.25, 0.3) is 11.0 Å². The number of hydrogen-bond acceptors (Lipinski definition) is 8. The average Bonchev–Trinajstić information content (AvgIpc) is 3.26. The number of fused-ring (bicyclic) bond motifs is 1. The number of benzene rings is 1. The predicted octanol–water partition coefficient (Wildman–Crippen LogP) is 3.19. The van der Waals surface area contributed by atoms with Crippen molar-refractivity contribution in [3.05, 3.63) is 42.1 Å². The Hall–Kier alpha value is -3.53. The SMILES string of the molecule is CC(OC1CCC(CNC(=O)c2cccnc2Oc2ccc3nonc3c2)CC1)C(=O)O. The summed E-state index contributed by atoms with van der Waals surface area (Å²) in [4.78, 5) is 27.9. The van der Waals surface area contributed by atoms with Crippen LogP contribution in [0.5, 0.6) is 11.6 Å². The van der Waals surface area contributed by atoms with Crippen molar-refractivity contribution in [2.75, 3.05) is 6.54 Å². The highest BCUT2D eigenvalue weighted by atomic mass is 16.6. The third-order valence-corrected chi connectivity index (χ3v) is 5.54. The van der Waals surface area contributed by atoms with E-state index in [0.29, 0.717) is 34.8 Å². The van der Waals surface area contributed by atoms with Crippen LogP contribution in [0.3, 0.4) is 0 Å². The number of aromatic nitrogens is 3. The molecule has 4 rings (SSSR count). The van der Waals surface area contributed by atoms with Crippen LogP contribution < -0.4 is 10.1 Å². The minimum absolute atomic E-state index is 0.0522. The zero-order valence-corrected chi connectivity index (χ0v) is 17.6. The molecule has 1 atom stereocenters. The number of carboxylic acid groups (broad SMARTS) is 1. The van der Waals surface area contributed by atoms with Gasteiger partial charge in [-0.3, -0.25) is 4.79 Å². The molecule has 1 saturated carbocycles. The van der Waals surface area contributed by atoms with Crippen molar-refractivity contribution in [2.24, 2.45) is 5.92 Å². The lowest BCUT2D eigenvalue weighted by Crippen LogP contribution is -2.34. The van der Waals surface area contributed by atoms with E-state index in [-0.39, 0.29) is 17.9 Å². The van der Waals surface area contributed by atoms with E-state index in [0.717, 1.165) is 25.7 Å². The first-order valence-electron chi connectivity index (χ1n) is 10.5. The van der Waals surface area contributed by atoms with E-state index >= 15 is 0 Å². The minimum Gasteiger partial charge on any atom is -0.479 e. The Bertz CT molecular complexity index is 1090. The van der Waals surface area contributed by atoms with Crippen LogP contribution in [0.15, 0.2) is 41.2 Å². The smallest absolute Gasteiger partial charge is 0.332 e. The Kier molecular flexibility index (Phi) is 6.60. The van der Waals surface area contributed by atoms with E-state index in [9.17, 15) is 9.59 Å². The second kappa shape index (κ2) is 9.73. The van der Waals surface area contributed by atoms with Gasteiger partial charge in [0.15, 0.2) is 6.10 Å². The van der Waals surface area contributed by atoms with Crippen molar-refractivity contribution in [1.82, 2.24) is 20.6 Å². The molecular weight excluding hydrogens is 416 g/mol. The number of pyridine rings is 1. The van der Waals surface area contributed by atoms with Crippen molar-refractivity contribution in [3.8, 4) is 11.6 Å². The Morgan fingerprint density at radius 2 is 1.97 bits per heavy atom. The Morgan fingerprint density at radius 3 is 2.75 bits per heavy atom. The van der Waals surface area contributed by atoms with Crippen LogP contribution >= 0.6 is 0 Å². The molecule has 1 aliphatic carbocycles. The van der Waals surface area contributed by atoms with Crippen LogP contribution in [0.2, 0.25) is 0 Å². The lowest BCUT2D eigenvalue weighted by atomic mass is 9.87. The van der Waals surface area contributed by atoms with Crippen LogP contribution in [-0.2, 0) is 9.53 Å². The fraction of sp³-hybridized carbons (Fsp3) is 0.409. The molecule has 1 amide bonds. The number of carbonyl (C=O) groups is 2. The molecule has 1 aliphatic rings. The maximum absolute atomic E-state index is 12.8. The average molecular weight is 440 g/mol. The monoisotopic (exact) mass is 440 g/mol. The summed E-state index contributed by atoms with van der Waals surface area (Å²) in [5.74, 6) is -0.251. The molecule has 0 spiro atoms. The molecule has 2 N–H and O–H groups in total. The quantitative estimate of drug-likeness (QED) is 0.541. The van der Waals surface area contributed by atoms with E-state index in [1.165, 1.54) is 0 Å². The maximum Gasteiger partial charge on any atom is 0.332 e. The number of rotatable bonds is 8. The fourth-order valence-corrected chi connectivity index (χ4v) is 3.73. The van der Waals surface area contributed by atoms with Crippen LogP contribution in [0.4, 0.5) is 0 Å². The van der Waals surface area contributed by atoms with Gasteiger partial charge >= 0.3 is 5.97 Å². The maximum atomic E-state index is 12.8. The number of carbonyl (C=O) groups excluding carboxylic acids is 1. The third kappa shape index (κ3) is 5.20. The zero-order valence-electron chi connectivity index (χ0n) is 17.6. The van der Waals surface area contributed by atoms with Gasteiger partial charge in [0.05, 0.1) is 6.10 Å². The van der Waals surface area contributed by atoms with Gasteiger partial charge in [-0.15, -0.1) is 0 Å².